The number of aromatic nitrogens is 2. The summed E-state index contributed by atoms with van der Waals surface area (Å²) in [6.07, 6.45) is 4.61. The second kappa shape index (κ2) is 3.89. The minimum absolute atomic E-state index is 0. The molecule has 4 nitrogen and oxygen atoms in total. The molecule has 2 rings (SSSR count). The van der Waals surface area contributed by atoms with Gasteiger partial charge < -0.3 is 11.5 Å². The second-order valence-electron chi connectivity index (χ2n) is 3.20. The van der Waals surface area contributed by atoms with Crippen LogP contribution in [0.25, 0.3) is 0 Å². The van der Waals surface area contributed by atoms with Crippen molar-refractivity contribution in [2.45, 2.75) is 25.3 Å². The first-order valence-corrected chi connectivity index (χ1v) is 4.11. The Morgan fingerprint density at radius 2 is 2.23 bits per heavy atom. The van der Waals surface area contributed by atoms with E-state index < -0.39 is 0 Å². The molecule has 72 valence electrons. The topological polar surface area (TPSA) is 77.8 Å². The molecule has 1 aromatic heterocycles. The van der Waals surface area contributed by atoms with Crippen molar-refractivity contribution in [1.82, 2.24) is 9.97 Å². The Kier molecular flexibility index (Phi) is 3.06. The molecule has 13 heavy (non-hydrogen) atoms. The van der Waals surface area contributed by atoms with Crippen molar-refractivity contribution in [3.05, 3.63) is 17.5 Å². The number of aryl methyl sites for hydroxylation is 1. The van der Waals surface area contributed by atoms with Crippen LogP contribution in [0, 0.1) is 0 Å². The van der Waals surface area contributed by atoms with Gasteiger partial charge in [-0.15, -0.1) is 12.4 Å². The number of anilines is 1. The summed E-state index contributed by atoms with van der Waals surface area (Å²) in [4.78, 5) is 8.10. The third-order valence-corrected chi connectivity index (χ3v) is 2.21. The Hall–Kier alpha value is -0.870. The smallest absolute Gasteiger partial charge is 0.220 e. The first-order valence-electron chi connectivity index (χ1n) is 4.11. The molecule has 1 aliphatic rings. The Morgan fingerprint density at radius 1 is 1.46 bits per heavy atom. The highest BCUT2D eigenvalue weighted by Crippen LogP contribution is 2.17. The van der Waals surface area contributed by atoms with Crippen LogP contribution in [-0.2, 0) is 12.8 Å². The molecule has 1 atom stereocenters. The Labute approximate surface area is 83.2 Å². The fourth-order valence-electron chi connectivity index (χ4n) is 1.55. The monoisotopic (exact) mass is 200 g/mol. The van der Waals surface area contributed by atoms with E-state index in [1.54, 1.807) is 6.20 Å². The third kappa shape index (κ3) is 2.08. The van der Waals surface area contributed by atoms with Crippen LogP contribution < -0.4 is 11.5 Å². The molecule has 0 aromatic carbocycles. The molecule has 0 bridgehead atoms. The van der Waals surface area contributed by atoms with Crippen LogP contribution in [0.4, 0.5) is 5.95 Å². The number of nitrogens with zero attached hydrogens (tertiary/aromatic N) is 2. The molecule has 1 heterocycles. The van der Waals surface area contributed by atoms with Gasteiger partial charge in [0.05, 0.1) is 0 Å². The van der Waals surface area contributed by atoms with Gasteiger partial charge >= 0.3 is 0 Å². The molecule has 0 aliphatic heterocycles. The van der Waals surface area contributed by atoms with Crippen LogP contribution in [0.15, 0.2) is 6.20 Å². The Balaban J connectivity index is 0.000000845. The average Bonchev–Trinajstić information content (AvgIpc) is 2.05. The zero-order valence-corrected chi connectivity index (χ0v) is 8.05. The van der Waals surface area contributed by atoms with Crippen molar-refractivity contribution in [1.29, 1.82) is 0 Å². The van der Waals surface area contributed by atoms with E-state index in [1.807, 2.05) is 0 Å². The minimum atomic E-state index is 0. The Morgan fingerprint density at radius 3 is 3.00 bits per heavy atom. The van der Waals surface area contributed by atoms with Crippen LogP contribution in [0.2, 0.25) is 0 Å². The van der Waals surface area contributed by atoms with Crippen molar-refractivity contribution in [2.24, 2.45) is 5.73 Å². The van der Waals surface area contributed by atoms with Crippen LogP contribution in [0.5, 0.6) is 0 Å². The van der Waals surface area contributed by atoms with Crippen molar-refractivity contribution in [2.75, 3.05) is 5.73 Å². The van der Waals surface area contributed by atoms with Crippen LogP contribution in [-0.4, -0.2) is 16.0 Å². The number of nitrogens with two attached hydrogens (primary N) is 2. The maximum Gasteiger partial charge on any atom is 0.220 e. The molecule has 0 saturated carbocycles. The quantitative estimate of drug-likeness (QED) is 0.632. The summed E-state index contributed by atoms with van der Waals surface area (Å²) < 4.78 is 0. The molecular weight excluding hydrogens is 188 g/mol. The van der Waals surface area contributed by atoms with Crippen LogP contribution in [0.1, 0.15) is 17.7 Å². The van der Waals surface area contributed by atoms with Crippen molar-refractivity contribution in [3.8, 4) is 0 Å². The van der Waals surface area contributed by atoms with Crippen molar-refractivity contribution >= 4 is 18.4 Å². The summed E-state index contributed by atoms with van der Waals surface area (Å²) in [5, 5.41) is 0. The fourth-order valence-corrected chi connectivity index (χ4v) is 1.55. The number of halogens is 1. The zero-order chi connectivity index (χ0) is 8.55. The predicted octanol–water partition coefficient (Wildman–Crippen LogP) is 0.297. The fraction of sp³-hybridized carbons (Fsp3) is 0.500. The van der Waals surface area contributed by atoms with E-state index in [0.29, 0.717) is 5.95 Å². The van der Waals surface area contributed by atoms with E-state index in [2.05, 4.69) is 9.97 Å². The van der Waals surface area contributed by atoms with E-state index in [-0.39, 0.29) is 18.4 Å². The van der Waals surface area contributed by atoms with E-state index in [4.69, 9.17) is 11.5 Å². The van der Waals surface area contributed by atoms with E-state index >= 15 is 0 Å². The standard InChI is InChI=1S/C8H12N4.ClH/c9-6-1-2-7-5(3-6)4-11-8(10)12-7;/h4,6H,1-3,9H2,(H2,10,11,12);1H. The first-order chi connectivity index (χ1) is 5.75. The molecule has 1 aromatic rings. The number of fused-ring (bicyclic) bond motifs is 1. The predicted molar refractivity (Wildman–Crippen MR) is 53.7 cm³/mol. The lowest BCUT2D eigenvalue weighted by Crippen LogP contribution is -2.28. The van der Waals surface area contributed by atoms with Gasteiger partial charge in [-0.2, -0.15) is 0 Å². The highest BCUT2D eigenvalue weighted by atomic mass is 35.5. The van der Waals surface area contributed by atoms with Gasteiger partial charge in [-0.1, -0.05) is 0 Å². The number of rotatable bonds is 0. The van der Waals surface area contributed by atoms with Gasteiger partial charge in [-0.05, 0) is 24.8 Å². The largest absolute Gasteiger partial charge is 0.368 e. The summed E-state index contributed by atoms with van der Waals surface area (Å²) in [5.41, 5.74) is 13.5. The lowest BCUT2D eigenvalue weighted by molar-refractivity contribution is 0.564. The van der Waals surface area contributed by atoms with Gasteiger partial charge in [0.2, 0.25) is 5.95 Å². The van der Waals surface area contributed by atoms with Crippen LogP contribution in [0.3, 0.4) is 0 Å². The number of hydrogen-bond acceptors (Lipinski definition) is 4. The maximum absolute atomic E-state index is 5.80. The van der Waals surface area contributed by atoms with Gasteiger partial charge in [0.1, 0.15) is 0 Å². The van der Waals surface area contributed by atoms with Crippen molar-refractivity contribution < 1.29 is 0 Å². The first kappa shape index (κ1) is 10.2. The zero-order valence-electron chi connectivity index (χ0n) is 7.23. The molecule has 0 radical (unpaired) electrons. The molecule has 0 amide bonds. The lowest BCUT2D eigenvalue weighted by Gasteiger charge is -2.19. The summed E-state index contributed by atoms with van der Waals surface area (Å²) >= 11 is 0. The summed E-state index contributed by atoms with van der Waals surface area (Å²) in [7, 11) is 0. The minimum Gasteiger partial charge on any atom is -0.368 e. The molecule has 0 spiro atoms. The van der Waals surface area contributed by atoms with Gasteiger partial charge in [-0.25, -0.2) is 9.97 Å². The molecule has 1 aliphatic carbocycles. The number of hydrogen-bond donors (Lipinski definition) is 2. The van der Waals surface area contributed by atoms with Gasteiger partial charge in [-0.3, -0.25) is 0 Å². The number of nitrogen functional groups attached to an aromatic ring is 1. The summed E-state index contributed by atoms with van der Waals surface area (Å²) in [6, 6.07) is 0.268. The molecule has 0 fully saturated rings. The van der Waals surface area contributed by atoms with E-state index in [1.165, 1.54) is 0 Å². The molecular formula is C8H13ClN4. The van der Waals surface area contributed by atoms with Gasteiger partial charge in [0.15, 0.2) is 0 Å². The SMILES string of the molecule is Cl.Nc1ncc2c(n1)CCC(N)C2. The highest BCUT2D eigenvalue weighted by molar-refractivity contribution is 5.85. The van der Waals surface area contributed by atoms with Crippen molar-refractivity contribution in [3.63, 3.8) is 0 Å². The van der Waals surface area contributed by atoms with Gasteiger partial charge in [0.25, 0.3) is 0 Å². The molecule has 1 unspecified atom stereocenters. The maximum atomic E-state index is 5.80. The highest BCUT2D eigenvalue weighted by Gasteiger charge is 2.16. The lowest BCUT2D eigenvalue weighted by atomic mass is 9.94. The van der Waals surface area contributed by atoms with Gasteiger partial charge in [0, 0.05) is 17.9 Å². The van der Waals surface area contributed by atoms with Crippen LogP contribution >= 0.6 is 12.4 Å². The Bertz CT molecular complexity index is 302. The average molecular weight is 201 g/mol. The summed E-state index contributed by atoms with van der Waals surface area (Å²) in [5.74, 6) is 0.365. The third-order valence-electron chi connectivity index (χ3n) is 2.21. The molecule has 5 heteroatoms. The normalized spacial score (nSPS) is 20.2. The van der Waals surface area contributed by atoms with E-state index in [0.717, 1.165) is 30.5 Å². The molecule has 0 saturated heterocycles. The molecule has 4 N–H and O–H groups in total. The summed E-state index contributed by atoms with van der Waals surface area (Å²) in [6.45, 7) is 0. The van der Waals surface area contributed by atoms with E-state index in [9.17, 15) is 0 Å². The second-order valence-corrected chi connectivity index (χ2v) is 3.20.